The molecule has 0 atom stereocenters. The van der Waals surface area contributed by atoms with Crippen LogP contribution < -0.4 is 4.90 Å². The third kappa shape index (κ3) is 4.31. The largest absolute Gasteiger partial charge is 0.312 e. The highest BCUT2D eigenvalue weighted by molar-refractivity contribution is 6.30. The normalized spacial score (nSPS) is 19.3. The molecule has 0 unspecified atom stereocenters. The van der Waals surface area contributed by atoms with Crippen LogP contribution in [0.3, 0.4) is 0 Å². The minimum atomic E-state index is -0.150. The first kappa shape index (κ1) is 20.2. The van der Waals surface area contributed by atoms with Crippen LogP contribution in [0.1, 0.15) is 24.8 Å². The van der Waals surface area contributed by atoms with E-state index in [1.807, 2.05) is 29.2 Å². The Morgan fingerprint density at radius 3 is 2.19 bits per heavy atom. The van der Waals surface area contributed by atoms with Gasteiger partial charge in [-0.05, 0) is 68.6 Å². The van der Waals surface area contributed by atoms with E-state index in [2.05, 4.69) is 35.2 Å². The van der Waals surface area contributed by atoms with Gasteiger partial charge in [-0.2, -0.15) is 0 Å². The predicted octanol–water partition coefficient (Wildman–Crippen LogP) is 4.82. The van der Waals surface area contributed by atoms with Gasteiger partial charge >= 0.3 is 0 Å². The fourth-order valence-electron chi connectivity index (χ4n) is 4.29. The van der Waals surface area contributed by atoms with Crippen LogP contribution in [-0.2, 0) is 11.2 Å². The Morgan fingerprint density at radius 2 is 1.52 bits per heavy atom. The zero-order valence-corrected chi connectivity index (χ0v) is 17.0. The molecule has 0 N–H and O–H groups in total. The molecule has 0 bridgehead atoms. The molecule has 3 nitrogen and oxygen atoms in total. The van der Waals surface area contributed by atoms with Crippen molar-refractivity contribution in [3.05, 3.63) is 65.2 Å². The summed E-state index contributed by atoms with van der Waals surface area (Å²) in [6, 6.07) is 18.3. The number of carbonyl (C=O) groups is 1. The Bertz CT molecular complexity index is 756. The van der Waals surface area contributed by atoms with E-state index in [1.165, 1.54) is 5.56 Å². The van der Waals surface area contributed by atoms with E-state index in [0.717, 1.165) is 57.5 Å². The summed E-state index contributed by atoms with van der Waals surface area (Å²) in [6.07, 6.45) is 4.01. The van der Waals surface area contributed by atoms with Gasteiger partial charge in [-0.3, -0.25) is 4.79 Å². The maximum atomic E-state index is 13.1. The van der Waals surface area contributed by atoms with Crippen molar-refractivity contribution in [2.24, 2.45) is 5.41 Å². The summed E-state index contributed by atoms with van der Waals surface area (Å²) in [6.45, 7) is 3.94. The molecule has 2 aliphatic heterocycles. The fourth-order valence-corrected chi connectivity index (χ4v) is 4.41. The molecule has 2 saturated heterocycles. The maximum absolute atomic E-state index is 13.1. The number of hydrogen-bond donors (Lipinski definition) is 0. The Hall–Kier alpha value is -1.55. The zero-order valence-electron chi connectivity index (χ0n) is 15.4. The second kappa shape index (κ2) is 8.64. The van der Waals surface area contributed by atoms with Crippen molar-refractivity contribution in [3.8, 4) is 0 Å². The third-order valence-corrected chi connectivity index (χ3v) is 6.28. The average Bonchev–Trinajstić information content (AvgIpc) is 2.99. The first-order chi connectivity index (χ1) is 12.7. The molecule has 4 rings (SSSR count). The van der Waals surface area contributed by atoms with E-state index in [9.17, 15) is 4.79 Å². The van der Waals surface area contributed by atoms with Gasteiger partial charge in [-0.15, -0.1) is 12.4 Å². The summed E-state index contributed by atoms with van der Waals surface area (Å²) >= 11 is 5.98. The van der Waals surface area contributed by atoms with Crippen LogP contribution in [0, 0.1) is 5.41 Å². The second-order valence-corrected chi connectivity index (χ2v) is 7.98. The van der Waals surface area contributed by atoms with Crippen molar-refractivity contribution in [2.75, 3.05) is 31.1 Å². The fraction of sp³-hybridized carbons (Fsp3) is 0.409. The highest BCUT2D eigenvalue weighted by atomic mass is 35.5. The lowest BCUT2D eigenvalue weighted by Gasteiger charge is -2.38. The van der Waals surface area contributed by atoms with Crippen LogP contribution in [0.2, 0.25) is 5.02 Å². The minimum Gasteiger partial charge on any atom is -0.312 e. The molecule has 0 aliphatic carbocycles. The van der Waals surface area contributed by atoms with Crippen molar-refractivity contribution < 1.29 is 4.79 Å². The maximum Gasteiger partial charge on any atom is 0.233 e. The Morgan fingerprint density at radius 1 is 0.889 bits per heavy atom. The van der Waals surface area contributed by atoms with Gasteiger partial charge in [0.05, 0.1) is 5.41 Å². The van der Waals surface area contributed by atoms with Gasteiger partial charge in [0.2, 0.25) is 5.91 Å². The monoisotopic (exact) mass is 404 g/mol. The molecule has 144 valence electrons. The molecule has 2 heterocycles. The number of nitrogens with zero attached hydrogens (tertiary/aromatic N) is 2. The van der Waals surface area contributed by atoms with Crippen LogP contribution >= 0.6 is 24.0 Å². The molecule has 2 fully saturated rings. The van der Waals surface area contributed by atoms with Crippen LogP contribution in [-0.4, -0.2) is 37.0 Å². The SMILES string of the molecule is Cl.O=C1N(c2ccc(Cl)cc2)CCC12CCN(CCc1ccccc1)CC2. The van der Waals surface area contributed by atoms with E-state index in [1.54, 1.807) is 0 Å². The summed E-state index contributed by atoms with van der Waals surface area (Å²) in [5, 5.41) is 0.710. The molecule has 5 heteroatoms. The summed E-state index contributed by atoms with van der Waals surface area (Å²) in [5.74, 6) is 0.308. The quantitative estimate of drug-likeness (QED) is 0.728. The highest BCUT2D eigenvalue weighted by Crippen LogP contribution is 2.43. The number of hydrogen-bond acceptors (Lipinski definition) is 2. The topological polar surface area (TPSA) is 23.6 Å². The number of piperidine rings is 1. The van der Waals surface area contributed by atoms with Crippen molar-refractivity contribution in [2.45, 2.75) is 25.7 Å². The summed E-state index contributed by atoms with van der Waals surface area (Å²) in [7, 11) is 0. The van der Waals surface area contributed by atoms with Gasteiger partial charge in [-0.25, -0.2) is 0 Å². The van der Waals surface area contributed by atoms with E-state index in [-0.39, 0.29) is 17.8 Å². The molecular weight excluding hydrogens is 379 g/mol. The summed E-state index contributed by atoms with van der Waals surface area (Å²) in [5.41, 5.74) is 2.21. The van der Waals surface area contributed by atoms with Crippen molar-refractivity contribution in [1.29, 1.82) is 0 Å². The van der Waals surface area contributed by atoms with E-state index in [4.69, 9.17) is 11.6 Å². The molecule has 2 aromatic rings. The van der Waals surface area contributed by atoms with Crippen molar-refractivity contribution in [3.63, 3.8) is 0 Å². The summed E-state index contributed by atoms with van der Waals surface area (Å²) < 4.78 is 0. The number of carbonyl (C=O) groups excluding carboxylic acids is 1. The van der Waals surface area contributed by atoms with Crippen LogP contribution in [0.15, 0.2) is 54.6 Å². The van der Waals surface area contributed by atoms with E-state index >= 15 is 0 Å². The molecule has 0 radical (unpaired) electrons. The molecule has 2 aliphatic rings. The van der Waals surface area contributed by atoms with E-state index < -0.39 is 0 Å². The Balaban J connectivity index is 0.00000210. The van der Waals surface area contributed by atoms with Gasteiger partial charge in [0.15, 0.2) is 0 Å². The van der Waals surface area contributed by atoms with Gasteiger partial charge < -0.3 is 9.80 Å². The Labute approximate surface area is 172 Å². The van der Waals surface area contributed by atoms with Gasteiger partial charge in [-0.1, -0.05) is 41.9 Å². The highest BCUT2D eigenvalue weighted by Gasteiger charge is 2.48. The lowest BCUT2D eigenvalue weighted by molar-refractivity contribution is -0.128. The standard InChI is InChI=1S/C22H25ClN2O.ClH/c23-19-6-8-20(9-7-19)25-17-13-22(21(25)26)11-15-24(16-12-22)14-10-18-4-2-1-3-5-18;/h1-9H,10-17H2;1H. The number of amides is 1. The van der Waals surface area contributed by atoms with Gasteiger partial charge in [0, 0.05) is 23.8 Å². The number of anilines is 1. The smallest absolute Gasteiger partial charge is 0.233 e. The van der Waals surface area contributed by atoms with Crippen molar-refractivity contribution >= 4 is 35.6 Å². The lowest BCUT2D eigenvalue weighted by Crippen LogP contribution is -2.45. The van der Waals surface area contributed by atoms with Crippen LogP contribution in [0.25, 0.3) is 0 Å². The molecule has 0 aromatic heterocycles. The number of rotatable bonds is 4. The molecule has 1 spiro atoms. The molecule has 2 aromatic carbocycles. The number of halogens is 2. The van der Waals surface area contributed by atoms with Crippen LogP contribution in [0.4, 0.5) is 5.69 Å². The van der Waals surface area contributed by atoms with Crippen molar-refractivity contribution in [1.82, 2.24) is 4.90 Å². The average molecular weight is 405 g/mol. The predicted molar refractivity (Wildman–Crippen MR) is 114 cm³/mol. The lowest BCUT2D eigenvalue weighted by atomic mass is 9.77. The molecular formula is C22H26Cl2N2O. The first-order valence-electron chi connectivity index (χ1n) is 9.50. The third-order valence-electron chi connectivity index (χ3n) is 6.02. The first-order valence-corrected chi connectivity index (χ1v) is 9.88. The molecule has 1 amide bonds. The van der Waals surface area contributed by atoms with E-state index in [0.29, 0.717) is 10.9 Å². The minimum absolute atomic E-state index is 0. The number of benzene rings is 2. The molecule has 0 saturated carbocycles. The van der Waals surface area contributed by atoms with Gasteiger partial charge in [0.1, 0.15) is 0 Å². The second-order valence-electron chi connectivity index (χ2n) is 7.54. The van der Waals surface area contributed by atoms with Crippen LogP contribution in [0.5, 0.6) is 0 Å². The Kier molecular flexibility index (Phi) is 6.46. The zero-order chi connectivity index (χ0) is 18.0. The number of likely N-dealkylation sites (tertiary alicyclic amines) is 1. The summed E-state index contributed by atoms with van der Waals surface area (Å²) in [4.78, 5) is 17.6. The molecule has 27 heavy (non-hydrogen) atoms. The van der Waals surface area contributed by atoms with Gasteiger partial charge in [0.25, 0.3) is 0 Å².